The zero-order valence-corrected chi connectivity index (χ0v) is 15.6. The summed E-state index contributed by atoms with van der Waals surface area (Å²) in [5.74, 6) is 5.97. The van der Waals surface area contributed by atoms with Crippen molar-refractivity contribution in [3.63, 3.8) is 0 Å². The van der Waals surface area contributed by atoms with E-state index in [9.17, 15) is 9.90 Å². The van der Waals surface area contributed by atoms with Gasteiger partial charge in [0.2, 0.25) is 5.88 Å². The van der Waals surface area contributed by atoms with Crippen molar-refractivity contribution in [2.24, 2.45) is 0 Å². The minimum Gasteiger partial charge on any atom is -0.496 e. The lowest BCUT2D eigenvalue weighted by atomic mass is 10.0. The lowest BCUT2D eigenvalue weighted by Gasteiger charge is -2.15. The SMILES string of the molecule is CC#Cc1cc(Cl)c(-c2c(O)n3n(c2=O)CCN(OC)CC3)c(OC)c1. The lowest BCUT2D eigenvalue weighted by molar-refractivity contribution is -0.130. The Balaban J connectivity index is 2.18. The summed E-state index contributed by atoms with van der Waals surface area (Å²) in [6, 6.07) is 3.37. The van der Waals surface area contributed by atoms with Crippen LogP contribution in [-0.4, -0.2) is 46.8 Å². The molecule has 2 aromatic rings. The Morgan fingerprint density at radius 3 is 2.42 bits per heavy atom. The number of methoxy groups -OCH3 is 1. The average Bonchev–Trinajstić information content (AvgIpc) is 2.79. The third-order valence-electron chi connectivity index (χ3n) is 4.38. The maximum absolute atomic E-state index is 13.0. The highest BCUT2D eigenvalue weighted by molar-refractivity contribution is 6.34. The first kappa shape index (κ1) is 18.4. The second-order valence-corrected chi connectivity index (χ2v) is 6.18. The van der Waals surface area contributed by atoms with E-state index in [-0.39, 0.29) is 17.0 Å². The van der Waals surface area contributed by atoms with Crippen LogP contribution in [0, 0.1) is 11.8 Å². The molecular weight excluding hydrogens is 358 g/mol. The van der Waals surface area contributed by atoms with Crippen LogP contribution in [0.25, 0.3) is 11.1 Å². The summed E-state index contributed by atoms with van der Waals surface area (Å²) in [4.78, 5) is 18.2. The van der Waals surface area contributed by atoms with Crippen LogP contribution >= 0.6 is 11.6 Å². The van der Waals surface area contributed by atoms with Crippen LogP contribution < -0.4 is 10.3 Å². The van der Waals surface area contributed by atoms with Gasteiger partial charge in [0.05, 0.1) is 37.9 Å². The zero-order valence-electron chi connectivity index (χ0n) is 14.9. The molecule has 8 heteroatoms. The molecule has 0 spiro atoms. The van der Waals surface area contributed by atoms with Gasteiger partial charge in [-0.3, -0.25) is 4.79 Å². The van der Waals surface area contributed by atoms with Gasteiger partial charge < -0.3 is 14.7 Å². The highest BCUT2D eigenvalue weighted by Crippen LogP contribution is 2.40. The monoisotopic (exact) mass is 377 g/mol. The average molecular weight is 378 g/mol. The van der Waals surface area contributed by atoms with E-state index in [1.807, 2.05) is 0 Å². The smallest absolute Gasteiger partial charge is 0.278 e. The Labute approximate surface area is 156 Å². The van der Waals surface area contributed by atoms with Crippen LogP contribution in [0.5, 0.6) is 11.6 Å². The second kappa shape index (κ2) is 7.46. The molecule has 0 saturated heterocycles. The summed E-state index contributed by atoms with van der Waals surface area (Å²) < 4.78 is 8.47. The third-order valence-corrected chi connectivity index (χ3v) is 4.68. The van der Waals surface area contributed by atoms with Crippen LogP contribution in [0.1, 0.15) is 12.5 Å². The van der Waals surface area contributed by atoms with E-state index >= 15 is 0 Å². The predicted octanol–water partition coefficient (Wildman–Crippen LogP) is 1.93. The van der Waals surface area contributed by atoms with Crippen molar-refractivity contribution >= 4 is 11.6 Å². The van der Waals surface area contributed by atoms with Gasteiger partial charge in [-0.15, -0.1) is 5.92 Å². The lowest BCUT2D eigenvalue weighted by Crippen LogP contribution is -2.27. The van der Waals surface area contributed by atoms with Gasteiger partial charge in [-0.1, -0.05) is 17.5 Å². The van der Waals surface area contributed by atoms with Gasteiger partial charge in [0.25, 0.3) is 5.56 Å². The largest absolute Gasteiger partial charge is 0.496 e. The van der Waals surface area contributed by atoms with E-state index in [0.717, 1.165) is 0 Å². The summed E-state index contributed by atoms with van der Waals surface area (Å²) in [6.45, 7) is 3.61. The molecular formula is C18H20ClN3O4. The number of rotatable bonds is 3. The predicted molar refractivity (Wildman–Crippen MR) is 98.5 cm³/mol. The van der Waals surface area contributed by atoms with Gasteiger partial charge in [-0.25, -0.2) is 9.36 Å². The molecule has 1 N–H and O–H groups in total. The maximum Gasteiger partial charge on any atom is 0.278 e. The van der Waals surface area contributed by atoms with Crippen LogP contribution in [-0.2, 0) is 17.9 Å². The Morgan fingerprint density at radius 1 is 1.12 bits per heavy atom. The molecule has 1 aliphatic heterocycles. The number of hydrogen-bond donors (Lipinski definition) is 1. The highest BCUT2D eigenvalue weighted by atomic mass is 35.5. The maximum atomic E-state index is 13.0. The summed E-state index contributed by atoms with van der Waals surface area (Å²) in [5.41, 5.74) is 0.855. The molecule has 2 heterocycles. The molecule has 0 fully saturated rings. The fourth-order valence-corrected chi connectivity index (χ4v) is 3.46. The van der Waals surface area contributed by atoms with Gasteiger partial charge in [-0.05, 0) is 19.1 Å². The first-order valence-corrected chi connectivity index (χ1v) is 8.51. The van der Waals surface area contributed by atoms with Gasteiger partial charge in [0.15, 0.2) is 0 Å². The number of aromatic nitrogens is 2. The van der Waals surface area contributed by atoms with Crippen molar-refractivity contribution in [1.29, 1.82) is 0 Å². The van der Waals surface area contributed by atoms with Crippen molar-refractivity contribution in [1.82, 2.24) is 14.4 Å². The van der Waals surface area contributed by atoms with Crippen molar-refractivity contribution in [3.8, 4) is 34.6 Å². The molecule has 1 aromatic heterocycles. The Bertz CT molecular complexity index is 952. The molecule has 0 bridgehead atoms. The fraction of sp³-hybridized carbons (Fsp3) is 0.389. The van der Waals surface area contributed by atoms with E-state index in [0.29, 0.717) is 48.1 Å². The van der Waals surface area contributed by atoms with Gasteiger partial charge in [0, 0.05) is 18.7 Å². The second-order valence-electron chi connectivity index (χ2n) is 5.77. The summed E-state index contributed by atoms with van der Waals surface area (Å²) >= 11 is 6.42. The van der Waals surface area contributed by atoms with Gasteiger partial charge >= 0.3 is 0 Å². The fourth-order valence-electron chi connectivity index (χ4n) is 3.15. The standard InChI is InChI=1S/C18H20ClN3O4/c1-4-5-12-10-13(19)15(14(11-12)25-2)16-17(23)21-8-6-20(26-3)7-9-22(21)18(16)24/h10-11,23H,6-9H2,1-3H3. The number of benzene rings is 1. The number of halogens is 1. The minimum atomic E-state index is -0.324. The van der Waals surface area contributed by atoms with E-state index in [1.165, 1.54) is 11.8 Å². The Morgan fingerprint density at radius 2 is 1.81 bits per heavy atom. The topological polar surface area (TPSA) is 68.9 Å². The minimum absolute atomic E-state index is 0.133. The zero-order chi connectivity index (χ0) is 18.8. The summed E-state index contributed by atoms with van der Waals surface area (Å²) in [7, 11) is 3.07. The molecule has 0 saturated carbocycles. The molecule has 7 nitrogen and oxygen atoms in total. The first-order chi connectivity index (χ1) is 12.5. The van der Waals surface area contributed by atoms with E-state index in [1.54, 1.807) is 35.9 Å². The van der Waals surface area contributed by atoms with Gasteiger partial charge in [0.1, 0.15) is 11.3 Å². The number of aromatic hydroxyl groups is 1. The molecule has 3 rings (SSSR count). The number of ether oxygens (including phenoxy) is 1. The molecule has 138 valence electrons. The van der Waals surface area contributed by atoms with Crippen LogP contribution in [0.3, 0.4) is 0 Å². The summed E-state index contributed by atoms with van der Waals surface area (Å²) in [6.07, 6.45) is 0. The molecule has 0 amide bonds. The molecule has 26 heavy (non-hydrogen) atoms. The van der Waals surface area contributed by atoms with E-state index in [4.69, 9.17) is 21.2 Å². The quantitative estimate of drug-likeness (QED) is 0.828. The van der Waals surface area contributed by atoms with E-state index < -0.39 is 0 Å². The number of nitrogens with zero attached hydrogens (tertiary/aromatic N) is 3. The van der Waals surface area contributed by atoms with Crippen molar-refractivity contribution in [2.75, 3.05) is 27.3 Å². The molecule has 1 aliphatic rings. The number of hydrogen-bond acceptors (Lipinski definition) is 5. The Kier molecular flexibility index (Phi) is 5.28. The van der Waals surface area contributed by atoms with Crippen LogP contribution in [0.15, 0.2) is 16.9 Å². The van der Waals surface area contributed by atoms with Crippen molar-refractivity contribution in [3.05, 3.63) is 33.1 Å². The highest BCUT2D eigenvalue weighted by Gasteiger charge is 2.27. The van der Waals surface area contributed by atoms with E-state index in [2.05, 4.69) is 11.8 Å². The number of fused-ring (bicyclic) bond motifs is 1. The third kappa shape index (κ3) is 3.07. The Hall–Kier alpha value is -2.40. The molecule has 0 radical (unpaired) electrons. The molecule has 0 atom stereocenters. The number of hydroxylamine groups is 2. The normalized spacial score (nSPS) is 14.3. The molecule has 0 unspecified atom stereocenters. The molecule has 1 aromatic carbocycles. The van der Waals surface area contributed by atoms with Gasteiger partial charge in [-0.2, -0.15) is 5.06 Å². The van der Waals surface area contributed by atoms with Crippen LogP contribution in [0.2, 0.25) is 5.02 Å². The summed E-state index contributed by atoms with van der Waals surface area (Å²) in [5, 5.41) is 12.8. The molecule has 0 aliphatic carbocycles. The first-order valence-electron chi connectivity index (χ1n) is 8.14. The van der Waals surface area contributed by atoms with Crippen molar-refractivity contribution in [2.45, 2.75) is 20.0 Å². The van der Waals surface area contributed by atoms with Crippen LogP contribution in [0.4, 0.5) is 0 Å². The van der Waals surface area contributed by atoms with Crippen molar-refractivity contribution < 1.29 is 14.7 Å².